The molecule has 0 radical (unpaired) electrons. The van der Waals surface area contributed by atoms with Gasteiger partial charge in [-0.2, -0.15) is 5.10 Å². The van der Waals surface area contributed by atoms with E-state index in [0.717, 1.165) is 10.9 Å². The van der Waals surface area contributed by atoms with Crippen molar-refractivity contribution in [1.82, 2.24) is 10.2 Å². The minimum Gasteiger partial charge on any atom is -0.277 e. The Bertz CT molecular complexity index is 2370. The fourth-order valence-electron chi connectivity index (χ4n) is 7.53. The molecule has 2 heteroatoms. The van der Waals surface area contributed by atoms with Gasteiger partial charge in [-0.25, -0.2) is 0 Å². The van der Waals surface area contributed by atoms with E-state index in [1.807, 2.05) is 6.20 Å². The Morgan fingerprint density at radius 1 is 0.390 bits per heavy atom. The van der Waals surface area contributed by atoms with E-state index in [0.29, 0.717) is 0 Å². The van der Waals surface area contributed by atoms with Gasteiger partial charge in [-0.3, -0.25) is 5.10 Å². The van der Waals surface area contributed by atoms with Crippen molar-refractivity contribution in [2.24, 2.45) is 0 Å². The summed E-state index contributed by atoms with van der Waals surface area (Å²) in [5, 5.41) is 14.2. The first-order valence-corrected chi connectivity index (χ1v) is 14.1. The Balaban J connectivity index is 1.25. The van der Waals surface area contributed by atoms with Crippen molar-refractivity contribution < 1.29 is 0 Å². The van der Waals surface area contributed by atoms with Gasteiger partial charge >= 0.3 is 0 Å². The first kappa shape index (κ1) is 21.4. The lowest BCUT2D eigenvalue weighted by Crippen LogP contribution is -1.89. The van der Waals surface area contributed by atoms with E-state index >= 15 is 0 Å². The number of rotatable bonds is 2. The third kappa shape index (κ3) is 2.69. The molecule has 188 valence electrons. The van der Waals surface area contributed by atoms with Crippen LogP contribution in [0.25, 0.3) is 99.2 Å². The number of nitrogens with one attached hydrogen (secondary N) is 1. The Labute approximate surface area is 236 Å². The highest BCUT2D eigenvalue weighted by Crippen LogP contribution is 2.51. The predicted molar refractivity (Wildman–Crippen MR) is 171 cm³/mol. The van der Waals surface area contributed by atoms with Crippen LogP contribution in [0.3, 0.4) is 0 Å². The zero-order chi connectivity index (χ0) is 26.7. The van der Waals surface area contributed by atoms with E-state index in [4.69, 9.17) is 0 Å². The Kier molecular flexibility index (Phi) is 3.95. The van der Waals surface area contributed by atoms with Crippen LogP contribution in [-0.4, -0.2) is 10.2 Å². The van der Waals surface area contributed by atoms with Crippen molar-refractivity contribution in [3.63, 3.8) is 0 Å². The van der Waals surface area contributed by atoms with Gasteiger partial charge in [-0.15, -0.1) is 0 Å². The van der Waals surface area contributed by atoms with Gasteiger partial charge in [0.2, 0.25) is 0 Å². The maximum atomic E-state index is 4.48. The van der Waals surface area contributed by atoms with Crippen LogP contribution in [0.2, 0.25) is 0 Å². The Hall–Kier alpha value is -5.47. The van der Waals surface area contributed by atoms with Gasteiger partial charge < -0.3 is 0 Å². The van der Waals surface area contributed by atoms with Crippen LogP contribution in [0.15, 0.2) is 128 Å². The number of benzene rings is 7. The van der Waals surface area contributed by atoms with Gasteiger partial charge in [-0.05, 0) is 94.9 Å². The standard InChI is InChI=1S/C39H22N2/c1-3-9-27-25(7-1)31-12-5-11-30-24(15-17-34(27)37(30)31)22-19-23-21-40-41-39(23)36(20-22)29-16-18-35-28-10-4-2-8-26(28)32-13-6-14-33(29)38(32)35/h1-21H,(H,40,41). The Morgan fingerprint density at radius 2 is 0.878 bits per heavy atom. The number of nitrogens with zero attached hydrogens (tertiary/aromatic N) is 1. The van der Waals surface area contributed by atoms with E-state index in [9.17, 15) is 0 Å². The highest BCUT2D eigenvalue weighted by molar-refractivity contribution is 6.21. The van der Waals surface area contributed by atoms with Crippen LogP contribution in [0.5, 0.6) is 0 Å². The lowest BCUT2D eigenvalue weighted by molar-refractivity contribution is 1.12. The van der Waals surface area contributed by atoms with Crippen molar-refractivity contribution in [3.8, 4) is 66.8 Å². The Morgan fingerprint density at radius 3 is 1.49 bits per heavy atom. The maximum absolute atomic E-state index is 4.48. The summed E-state index contributed by atoms with van der Waals surface area (Å²) in [7, 11) is 0. The molecule has 0 unspecified atom stereocenters. The summed E-state index contributed by atoms with van der Waals surface area (Å²) >= 11 is 0. The summed E-state index contributed by atoms with van der Waals surface area (Å²) < 4.78 is 0. The minimum absolute atomic E-state index is 1.07. The lowest BCUT2D eigenvalue weighted by Gasteiger charge is -2.14. The van der Waals surface area contributed by atoms with Gasteiger partial charge in [0.25, 0.3) is 0 Å². The minimum atomic E-state index is 1.07. The summed E-state index contributed by atoms with van der Waals surface area (Å²) in [6, 6.07) is 44.8. The zero-order valence-electron chi connectivity index (χ0n) is 22.1. The quantitative estimate of drug-likeness (QED) is 0.242. The van der Waals surface area contributed by atoms with Crippen molar-refractivity contribution in [3.05, 3.63) is 128 Å². The van der Waals surface area contributed by atoms with Gasteiger partial charge in [0.05, 0.1) is 11.7 Å². The van der Waals surface area contributed by atoms with E-state index in [2.05, 4.69) is 132 Å². The molecule has 0 aliphatic heterocycles. The first-order chi connectivity index (χ1) is 20.3. The third-order valence-corrected chi connectivity index (χ3v) is 9.25. The van der Waals surface area contributed by atoms with Gasteiger partial charge in [0.15, 0.2) is 0 Å². The van der Waals surface area contributed by atoms with Crippen LogP contribution in [-0.2, 0) is 0 Å². The van der Waals surface area contributed by atoms with E-state index in [1.165, 1.54) is 88.3 Å². The van der Waals surface area contributed by atoms with Gasteiger partial charge in [0, 0.05) is 10.9 Å². The monoisotopic (exact) mass is 518 g/mol. The van der Waals surface area contributed by atoms with Crippen molar-refractivity contribution >= 4 is 32.4 Å². The first-order valence-electron chi connectivity index (χ1n) is 14.1. The molecular weight excluding hydrogens is 496 g/mol. The second-order valence-electron chi connectivity index (χ2n) is 11.2. The zero-order valence-corrected chi connectivity index (χ0v) is 22.1. The molecule has 2 nitrogen and oxygen atoms in total. The van der Waals surface area contributed by atoms with Crippen molar-refractivity contribution in [2.45, 2.75) is 0 Å². The predicted octanol–water partition coefficient (Wildman–Crippen LogP) is 10.5. The molecule has 2 aliphatic rings. The summed E-state index contributed by atoms with van der Waals surface area (Å²) in [5.74, 6) is 0. The van der Waals surface area contributed by atoms with E-state index < -0.39 is 0 Å². The average molecular weight is 519 g/mol. The molecule has 7 aromatic carbocycles. The number of fused-ring (bicyclic) bond motifs is 7. The van der Waals surface area contributed by atoms with Crippen LogP contribution in [0.4, 0.5) is 0 Å². The molecule has 41 heavy (non-hydrogen) atoms. The summed E-state index contributed by atoms with van der Waals surface area (Å²) in [6.45, 7) is 0. The summed E-state index contributed by atoms with van der Waals surface area (Å²) in [4.78, 5) is 0. The fourth-order valence-corrected chi connectivity index (χ4v) is 7.53. The van der Waals surface area contributed by atoms with Gasteiger partial charge in [-0.1, -0.05) is 109 Å². The number of aromatic amines is 1. The lowest BCUT2D eigenvalue weighted by atomic mass is 9.89. The number of H-pyrrole nitrogens is 1. The topological polar surface area (TPSA) is 28.7 Å². The normalized spacial score (nSPS) is 12.4. The molecule has 0 spiro atoms. The third-order valence-electron chi connectivity index (χ3n) is 9.25. The van der Waals surface area contributed by atoms with Crippen molar-refractivity contribution in [1.29, 1.82) is 0 Å². The highest BCUT2D eigenvalue weighted by atomic mass is 15.1. The molecular formula is C39H22N2. The smallest absolute Gasteiger partial charge is 0.0729 e. The van der Waals surface area contributed by atoms with E-state index in [1.54, 1.807) is 0 Å². The molecule has 10 rings (SSSR count). The SMILES string of the molecule is c1ccc2c(c1)-c1cccc3c(-c4cc(-c5ccc6c7c(cccc57)-c5ccccc5-6)c5[nH]ncc5c4)ccc-2c13. The molecule has 1 heterocycles. The largest absolute Gasteiger partial charge is 0.277 e. The molecule has 1 N–H and O–H groups in total. The molecule has 0 atom stereocenters. The summed E-state index contributed by atoms with van der Waals surface area (Å²) in [6.07, 6.45) is 1.95. The molecule has 8 aromatic rings. The number of hydrogen-bond acceptors (Lipinski definition) is 1. The molecule has 0 bridgehead atoms. The average Bonchev–Trinajstić information content (AvgIpc) is 3.73. The second-order valence-corrected chi connectivity index (χ2v) is 11.2. The van der Waals surface area contributed by atoms with E-state index in [-0.39, 0.29) is 0 Å². The van der Waals surface area contributed by atoms with Crippen LogP contribution < -0.4 is 0 Å². The molecule has 0 amide bonds. The molecule has 2 aliphatic carbocycles. The number of hydrogen-bond donors (Lipinski definition) is 1. The van der Waals surface area contributed by atoms with Crippen LogP contribution >= 0.6 is 0 Å². The molecule has 0 saturated carbocycles. The summed E-state index contributed by atoms with van der Waals surface area (Å²) in [5.41, 5.74) is 16.5. The number of aromatic nitrogens is 2. The second kappa shape index (κ2) is 7.59. The molecule has 0 saturated heterocycles. The van der Waals surface area contributed by atoms with Gasteiger partial charge in [0.1, 0.15) is 0 Å². The highest BCUT2D eigenvalue weighted by Gasteiger charge is 2.25. The van der Waals surface area contributed by atoms with Crippen LogP contribution in [0, 0.1) is 0 Å². The molecule has 1 aromatic heterocycles. The van der Waals surface area contributed by atoms with Crippen molar-refractivity contribution in [2.75, 3.05) is 0 Å². The van der Waals surface area contributed by atoms with Crippen LogP contribution in [0.1, 0.15) is 0 Å². The fraction of sp³-hybridized carbons (Fsp3) is 0. The molecule has 0 fully saturated rings. The maximum Gasteiger partial charge on any atom is 0.0729 e.